The van der Waals surface area contributed by atoms with E-state index in [0.29, 0.717) is 12.4 Å². The van der Waals surface area contributed by atoms with E-state index >= 15 is 0 Å². The second-order valence-corrected chi connectivity index (χ2v) is 4.05. The van der Waals surface area contributed by atoms with Gasteiger partial charge in [-0.3, -0.25) is 0 Å². The van der Waals surface area contributed by atoms with Crippen LogP contribution in [0.5, 0.6) is 5.75 Å². The number of ether oxygens (including phenoxy) is 1. The highest BCUT2D eigenvalue weighted by atomic mass is 19.1. The fraction of sp³-hybridized carbons (Fsp3) is 0.538. The van der Waals surface area contributed by atoms with Crippen LogP contribution in [0.2, 0.25) is 0 Å². The molecule has 4 heteroatoms. The van der Waals surface area contributed by atoms with E-state index in [-0.39, 0.29) is 18.5 Å². The fourth-order valence-corrected chi connectivity index (χ4v) is 1.49. The summed E-state index contributed by atoms with van der Waals surface area (Å²) in [5, 5.41) is 12.3. The molecular weight excluding hydrogens is 221 g/mol. The molecule has 2 N–H and O–H groups in total. The standard InChI is InChI=1S/C13H20FNO2/c1-3-6-15-12(8-16)9-17-13-5-4-11(14)7-10(13)2/h4-5,7,12,15-16H,3,6,8-9H2,1-2H3. The van der Waals surface area contributed by atoms with Crippen LogP contribution in [-0.2, 0) is 0 Å². The van der Waals surface area contributed by atoms with Gasteiger partial charge in [0.25, 0.3) is 0 Å². The van der Waals surface area contributed by atoms with Crippen LogP contribution in [0.1, 0.15) is 18.9 Å². The average molecular weight is 241 g/mol. The van der Waals surface area contributed by atoms with Crippen LogP contribution in [-0.4, -0.2) is 30.9 Å². The van der Waals surface area contributed by atoms with Crippen molar-refractivity contribution in [3.63, 3.8) is 0 Å². The molecule has 0 aliphatic heterocycles. The molecule has 0 bridgehead atoms. The molecule has 0 aliphatic carbocycles. The average Bonchev–Trinajstić information content (AvgIpc) is 2.31. The maximum Gasteiger partial charge on any atom is 0.123 e. The Hall–Kier alpha value is -1.13. The van der Waals surface area contributed by atoms with E-state index in [0.717, 1.165) is 18.5 Å². The number of aliphatic hydroxyl groups is 1. The number of aliphatic hydroxyl groups excluding tert-OH is 1. The van der Waals surface area contributed by atoms with Gasteiger partial charge in [0.1, 0.15) is 18.2 Å². The maximum atomic E-state index is 12.9. The van der Waals surface area contributed by atoms with Crippen molar-refractivity contribution in [1.82, 2.24) is 5.32 Å². The largest absolute Gasteiger partial charge is 0.492 e. The maximum absolute atomic E-state index is 12.9. The van der Waals surface area contributed by atoms with E-state index in [1.165, 1.54) is 12.1 Å². The highest BCUT2D eigenvalue weighted by Gasteiger charge is 2.08. The van der Waals surface area contributed by atoms with Gasteiger partial charge in [-0.1, -0.05) is 6.92 Å². The number of nitrogens with one attached hydrogen (secondary N) is 1. The molecule has 3 nitrogen and oxygen atoms in total. The van der Waals surface area contributed by atoms with Gasteiger partial charge < -0.3 is 15.2 Å². The first kappa shape index (κ1) is 13.9. The van der Waals surface area contributed by atoms with Gasteiger partial charge in [0.05, 0.1) is 12.6 Å². The van der Waals surface area contributed by atoms with Gasteiger partial charge in [0.2, 0.25) is 0 Å². The Bertz CT molecular complexity index is 344. The molecule has 17 heavy (non-hydrogen) atoms. The second-order valence-electron chi connectivity index (χ2n) is 4.05. The summed E-state index contributed by atoms with van der Waals surface area (Å²) in [6.45, 7) is 5.11. The van der Waals surface area contributed by atoms with E-state index in [2.05, 4.69) is 12.2 Å². The lowest BCUT2D eigenvalue weighted by molar-refractivity contribution is 0.183. The third-order valence-corrected chi connectivity index (χ3v) is 2.48. The van der Waals surface area contributed by atoms with Crippen molar-refractivity contribution in [3.8, 4) is 5.75 Å². The van der Waals surface area contributed by atoms with E-state index < -0.39 is 0 Å². The monoisotopic (exact) mass is 241 g/mol. The molecule has 0 saturated carbocycles. The van der Waals surface area contributed by atoms with Gasteiger partial charge in [-0.05, 0) is 43.7 Å². The summed E-state index contributed by atoms with van der Waals surface area (Å²) < 4.78 is 18.4. The first-order valence-corrected chi connectivity index (χ1v) is 5.90. The van der Waals surface area contributed by atoms with Crippen molar-refractivity contribution >= 4 is 0 Å². The summed E-state index contributed by atoms with van der Waals surface area (Å²) in [6.07, 6.45) is 1.01. The van der Waals surface area contributed by atoms with Crippen molar-refractivity contribution in [2.45, 2.75) is 26.3 Å². The summed E-state index contributed by atoms with van der Waals surface area (Å²) in [5.41, 5.74) is 0.761. The molecule has 1 aromatic rings. The summed E-state index contributed by atoms with van der Waals surface area (Å²) in [5.74, 6) is 0.390. The van der Waals surface area contributed by atoms with Crippen molar-refractivity contribution in [1.29, 1.82) is 0 Å². The zero-order chi connectivity index (χ0) is 12.7. The summed E-state index contributed by atoms with van der Waals surface area (Å²) in [4.78, 5) is 0. The van der Waals surface area contributed by atoms with Gasteiger partial charge in [0.15, 0.2) is 0 Å². The van der Waals surface area contributed by atoms with Crippen molar-refractivity contribution in [2.75, 3.05) is 19.8 Å². The van der Waals surface area contributed by atoms with Gasteiger partial charge >= 0.3 is 0 Å². The Morgan fingerprint density at radius 2 is 2.24 bits per heavy atom. The van der Waals surface area contributed by atoms with Gasteiger partial charge in [-0.2, -0.15) is 0 Å². The molecule has 1 unspecified atom stereocenters. The van der Waals surface area contributed by atoms with Crippen molar-refractivity contribution in [2.24, 2.45) is 0 Å². The third-order valence-electron chi connectivity index (χ3n) is 2.48. The normalized spacial score (nSPS) is 12.5. The molecule has 1 atom stereocenters. The molecule has 1 rings (SSSR count). The highest BCUT2D eigenvalue weighted by Crippen LogP contribution is 2.18. The molecule has 0 spiro atoms. The van der Waals surface area contributed by atoms with Crippen LogP contribution in [0.25, 0.3) is 0 Å². The van der Waals surface area contributed by atoms with Crippen molar-refractivity contribution in [3.05, 3.63) is 29.6 Å². The Morgan fingerprint density at radius 3 is 2.82 bits per heavy atom. The zero-order valence-corrected chi connectivity index (χ0v) is 10.4. The zero-order valence-electron chi connectivity index (χ0n) is 10.4. The lowest BCUT2D eigenvalue weighted by Gasteiger charge is -2.17. The quantitative estimate of drug-likeness (QED) is 0.765. The van der Waals surface area contributed by atoms with Crippen molar-refractivity contribution < 1.29 is 14.2 Å². The SMILES string of the molecule is CCCNC(CO)COc1ccc(F)cc1C. The molecule has 1 aromatic carbocycles. The molecule has 96 valence electrons. The molecular formula is C13H20FNO2. The smallest absolute Gasteiger partial charge is 0.123 e. The molecule has 0 saturated heterocycles. The Kier molecular flexibility index (Phi) is 5.94. The van der Waals surface area contributed by atoms with Crippen LogP contribution in [0.4, 0.5) is 4.39 Å². The van der Waals surface area contributed by atoms with Crippen LogP contribution in [0.15, 0.2) is 18.2 Å². The van der Waals surface area contributed by atoms with Gasteiger partial charge in [-0.25, -0.2) is 4.39 Å². The Balaban J connectivity index is 2.47. The van der Waals surface area contributed by atoms with Crippen LogP contribution >= 0.6 is 0 Å². The number of benzene rings is 1. The number of hydrogen-bond acceptors (Lipinski definition) is 3. The molecule has 0 radical (unpaired) electrons. The van der Waals surface area contributed by atoms with E-state index in [1.807, 2.05) is 0 Å². The predicted molar refractivity (Wildman–Crippen MR) is 65.8 cm³/mol. The minimum Gasteiger partial charge on any atom is -0.492 e. The number of halogens is 1. The first-order chi connectivity index (χ1) is 8.17. The number of aryl methyl sites for hydroxylation is 1. The Labute approximate surface area is 102 Å². The van der Waals surface area contributed by atoms with Gasteiger partial charge in [-0.15, -0.1) is 0 Å². The molecule has 0 aliphatic rings. The highest BCUT2D eigenvalue weighted by molar-refractivity contribution is 5.32. The first-order valence-electron chi connectivity index (χ1n) is 5.90. The summed E-state index contributed by atoms with van der Waals surface area (Å²) >= 11 is 0. The van der Waals surface area contributed by atoms with E-state index in [4.69, 9.17) is 9.84 Å². The number of rotatable bonds is 7. The van der Waals surface area contributed by atoms with Gasteiger partial charge in [0, 0.05) is 0 Å². The second kappa shape index (κ2) is 7.25. The summed E-state index contributed by atoms with van der Waals surface area (Å²) in [6, 6.07) is 4.33. The minimum atomic E-state index is -0.266. The van der Waals surface area contributed by atoms with Crippen LogP contribution in [0.3, 0.4) is 0 Å². The van der Waals surface area contributed by atoms with Crippen LogP contribution < -0.4 is 10.1 Å². The lowest BCUT2D eigenvalue weighted by atomic mass is 10.2. The topological polar surface area (TPSA) is 41.5 Å². The Morgan fingerprint density at radius 1 is 1.47 bits per heavy atom. The molecule has 0 heterocycles. The molecule has 0 amide bonds. The molecule has 0 aromatic heterocycles. The van der Waals surface area contributed by atoms with E-state index in [9.17, 15) is 4.39 Å². The summed E-state index contributed by atoms with van der Waals surface area (Å²) in [7, 11) is 0. The van der Waals surface area contributed by atoms with Crippen LogP contribution in [0, 0.1) is 12.7 Å². The lowest BCUT2D eigenvalue weighted by Crippen LogP contribution is -2.38. The molecule has 0 fully saturated rings. The predicted octanol–water partition coefficient (Wildman–Crippen LogP) is 1.87. The minimum absolute atomic E-state index is 0.0280. The number of hydrogen-bond donors (Lipinski definition) is 2. The van der Waals surface area contributed by atoms with E-state index in [1.54, 1.807) is 13.0 Å². The third kappa shape index (κ3) is 4.71. The fourth-order valence-electron chi connectivity index (χ4n) is 1.49.